The lowest BCUT2D eigenvalue weighted by molar-refractivity contribution is -0.136. The lowest BCUT2D eigenvalue weighted by Crippen LogP contribution is -2.56. The molecule has 45 heavy (non-hydrogen) atoms. The highest BCUT2D eigenvalue weighted by Gasteiger charge is 2.34. The zero-order valence-corrected chi connectivity index (χ0v) is 28.1. The van der Waals surface area contributed by atoms with Crippen LogP contribution in [0, 0.1) is 30.1 Å². The van der Waals surface area contributed by atoms with E-state index in [1.165, 1.54) is 6.42 Å². The van der Waals surface area contributed by atoms with E-state index in [0.29, 0.717) is 44.3 Å². The van der Waals surface area contributed by atoms with Crippen LogP contribution >= 0.6 is 0 Å². The van der Waals surface area contributed by atoms with Crippen LogP contribution in [0.1, 0.15) is 91.0 Å². The molecule has 3 unspecified atom stereocenters. The van der Waals surface area contributed by atoms with E-state index in [9.17, 15) is 24.6 Å². The second-order valence-corrected chi connectivity index (χ2v) is 13.5. The Balaban J connectivity index is 2.20. The second kappa shape index (κ2) is 20.2. The van der Waals surface area contributed by atoms with Crippen LogP contribution in [0.25, 0.3) is 0 Å². The first-order chi connectivity index (χ1) is 21.4. The molecule has 0 aliphatic heterocycles. The van der Waals surface area contributed by atoms with Gasteiger partial charge in [-0.2, -0.15) is 0 Å². The second-order valence-electron chi connectivity index (χ2n) is 13.5. The van der Waals surface area contributed by atoms with Crippen LogP contribution in [-0.2, 0) is 20.8 Å². The molecular formula is C36H58N4O5. The highest BCUT2D eigenvalue weighted by molar-refractivity contribution is 5.91. The first-order valence-corrected chi connectivity index (χ1v) is 16.8. The Kier molecular flexibility index (Phi) is 17.2. The Labute approximate surface area is 271 Å². The van der Waals surface area contributed by atoms with E-state index in [1.807, 2.05) is 58.0 Å². The van der Waals surface area contributed by atoms with Crippen LogP contribution in [-0.4, -0.2) is 83.3 Å². The molecule has 9 heteroatoms. The van der Waals surface area contributed by atoms with E-state index in [4.69, 9.17) is 6.42 Å². The molecule has 5 N–H and O–H groups in total. The molecule has 1 aliphatic carbocycles. The number of nitrogens with one attached hydrogen (secondary N) is 3. The van der Waals surface area contributed by atoms with Crippen LogP contribution in [0.2, 0.25) is 0 Å². The summed E-state index contributed by atoms with van der Waals surface area (Å²) >= 11 is 0. The van der Waals surface area contributed by atoms with Crippen LogP contribution in [0.4, 0.5) is 0 Å². The van der Waals surface area contributed by atoms with Crippen LogP contribution in [0.15, 0.2) is 30.3 Å². The van der Waals surface area contributed by atoms with E-state index in [0.717, 1.165) is 31.2 Å². The van der Waals surface area contributed by atoms with Gasteiger partial charge in [0.15, 0.2) is 0 Å². The van der Waals surface area contributed by atoms with Gasteiger partial charge in [0.05, 0.1) is 18.1 Å². The summed E-state index contributed by atoms with van der Waals surface area (Å²) < 4.78 is 0. The summed E-state index contributed by atoms with van der Waals surface area (Å²) in [6, 6.07) is 8.05. The van der Waals surface area contributed by atoms with Crippen molar-refractivity contribution < 1.29 is 24.6 Å². The maximum atomic E-state index is 13.7. The van der Waals surface area contributed by atoms with Crippen molar-refractivity contribution in [3.05, 3.63) is 35.9 Å². The molecule has 1 saturated carbocycles. The molecule has 0 bridgehead atoms. The number of hydrogen-bond donors (Lipinski definition) is 5. The average Bonchev–Trinajstić information content (AvgIpc) is 3.00. The van der Waals surface area contributed by atoms with Gasteiger partial charge in [0.25, 0.3) is 0 Å². The SMILES string of the molecule is C#CC[C@H](NC(=O)C(CC(=O)N(C)CCNC(C)C)Cc1ccccc1)C(=O)NC(CC1CCCCC1)[C@@H](O)C(O)CC(C)C. The molecule has 252 valence electrons. The fourth-order valence-electron chi connectivity index (χ4n) is 6.02. The van der Waals surface area contributed by atoms with Gasteiger partial charge >= 0.3 is 0 Å². The Morgan fingerprint density at radius 1 is 1.00 bits per heavy atom. The fraction of sp³-hybridized carbons (Fsp3) is 0.694. The largest absolute Gasteiger partial charge is 0.390 e. The summed E-state index contributed by atoms with van der Waals surface area (Å²) in [5, 5.41) is 31.0. The van der Waals surface area contributed by atoms with Crippen molar-refractivity contribution in [1.29, 1.82) is 0 Å². The van der Waals surface area contributed by atoms with Crippen molar-refractivity contribution in [2.24, 2.45) is 17.8 Å². The van der Waals surface area contributed by atoms with E-state index in [1.54, 1.807) is 11.9 Å². The van der Waals surface area contributed by atoms with Crippen LogP contribution in [0.3, 0.4) is 0 Å². The number of carbonyl (C=O) groups is 3. The first kappa shape index (κ1) is 38.3. The molecule has 1 aromatic carbocycles. The predicted octanol–water partition coefficient (Wildman–Crippen LogP) is 3.42. The highest BCUT2D eigenvalue weighted by Crippen LogP contribution is 2.29. The van der Waals surface area contributed by atoms with Crippen molar-refractivity contribution in [1.82, 2.24) is 20.9 Å². The smallest absolute Gasteiger partial charge is 0.243 e. The molecule has 2 rings (SSSR count). The predicted molar refractivity (Wildman–Crippen MR) is 179 cm³/mol. The maximum Gasteiger partial charge on any atom is 0.243 e. The van der Waals surface area contributed by atoms with Gasteiger partial charge in [-0.05, 0) is 36.7 Å². The Morgan fingerprint density at radius 3 is 2.27 bits per heavy atom. The number of rotatable bonds is 19. The van der Waals surface area contributed by atoms with Gasteiger partial charge < -0.3 is 31.1 Å². The minimum atomic E-state index is -1.15. The summed E-state index contributed by atoms with van der Waals surface area (Å²) in [7, 11) is 1.72. The van der Waals surface area contributed by atoms with Crippen molar-refractivity contribution in [2.75, 3.05) is 20.1 Å². The van der Waals surface area contributed by atoms with Crippen molar-refractivity contribution >= 4 is 17.7 Å². The first-order valence-electron chi connectivity index (χ1n) is 16.8. The number of aliphatic hydroxyl groups is 2. The summed E-state index contributed by atoms with van der Waals surface area (Å²) in [6.45, 7) is 9.17. The highest BCUT2D eigenvalue weighted by atomic mass is 16.3. The number of terminal acetylenes is 1. The maximum absolute atomic E-state index is 13.7. The number of amides is 3. The molecule has 3 amide bonds. The molecule has 0 aromatic heterocycles. The molecule has 9 nitrogen and oxygen atoms in total. The number of carbonyl (C=O) groups excluding carboxylic acids is 3. The standard InChI is InChI=1S/C36H58N4O5/c1-7-14-30(36(45)39-31(23-28-17-12-9-13-18-28)34(43)32(41)21-25(2)3)38-35(44)29(22-27-15-10-8-11-16-27)24-33(42)40(6)20-19-37-26(4)5/h1,8,10-11,15-16,25-26,28-32,34,37,41,43H,9,12-14,17-24H2,2-6H3,(H,38,44)(H,39,45)/t29?,30-,31?,32?,34+/m0/s1. The number of nitrogens with zero attached hydrogens (tertiary/aromatic N) is 1. The molecule has 1 fully saturated rings. The normalized spacial score (nSPS) is 17.2. The van der Waals surface area contributed by atoms with Gasteiger partial charge in [-0.25, -0.2) is 0 Å². The van der Waals surface area contributed by atoms with Crippen molar-refractivity contribution in [3.63, 3.8) is 0 Å². The molecule has 0 heterocycles. The van der Waals surface area contributed by atoms with Crippen LogP contribution < -0.4 is 16.0 Å². The topological polar surface area (TPSA) is 131 Å². The third kappa shape index (κ3) is 14.4. The van der Waals surface area contributed by atoms with Gasteiger partial charge in [-0.1, -0.05) is 90.1 Å². The van der Waals surface area contributed by atoms with Gasteiger partial charge in [0, 0.05) is 39.0 Å². The zero-order valence-electron chi connectivity index (χ0n) is 28.1. The van der Waals surface area contributed by atoms with Gasteiger partial charge in [-0.3, -0.25) is 14.4 Å². The Hall–Kier alpha value is -2.93. The average molecular weight is 627 g/mol. The van der Waals surface area contributed by atoms with E-state index in [-0.39, 0.29) is 24.7 Å². The van der Waals surface area contributed by atoms with Crippen LogP contribution in [0.5, 0.6) is 0 Å². The summed E-state index contributed by atoms with van der Waals surface area (Å²) in [6.07, 6.45) is 10.1. The third-order valence-corrected chi connectivity index (χ3v) is 8.66. The fourth-order valence-corrected chi connectivity index (χ4v) is 6.02. The van der Waals surface area contributed by atoms with Gasteiger partial charge in [0.2, 0.25) is 17.7 Å². The zero-order chi connectivity index (χ0) is 33.4. The lowest BCUT2D eigenvalue weighted by atomic mass is 9.82. The van der Waals surface area contributed by atoms with E-state index < -0.39 is 42.0 Å². The summed E-state index contributed by atoms with van der Waals surface area (Å²) in [5.41, 5.74) is 0.905. The number of likely N-dealkylation sites (N-methyl/N-ethyl adjacent to an activating group) is 1. The number of benzene rings is 1. The minimum Gasteiger partial charge on any atom is -0.390 e. The Bertz CT molecular complexity index is 1070. The molecule has 0 spiro atoms. The summed E-state index contributed by atoms with van der Waals surface area (Å²) in [5.74, 6) is 1.19. The lowest BCUT2D eigenvalue weighted by Gasteiger charge is -2.33. The molecule has 0 saturated heterocycles. The quantitative estimate of drug-likeness (QED) is 0.150. The van der Waals surface area contributed by atoms with Gasteiger partial charge in [-0.15, -0.1) is 12.3 Å². The minimum absolute atomic E-state index is 0.0201. The molecule has 1 aliphatic rings. The summed E-state index contributed by atoms with van der Waals surface area (Å²) in [4.78, 5) is 42.2. The molecule has 5 atom stereocenters. The monoisotopic (exact) mass is 626 g/mol. The Morgan fingerprint density at radius 2 is 1.67 bits per heavy atom. The van der Waals surface area contributed by atoms with Gasteiger partial charge in [0.1, 0.15) is 12.1 Å². The number of aliphatic hydroxyl groups excluding tert-OH is 2. The molecular weight excluding hydrogens is 568 g/mol. The molecule has 0 radical (unpaired) electrons. The molecule has 1 aromatic rings. The van der Waals surface area contributed by atoms with E-state index >= 15 is 0 Å². The van der Waals surface area contributed by atoms with Crippen molar-refractivity contribution in [2.45, 2.75) is 122 Å². The third-order valence-electron chi connectivity index (χ3n) is 8.66. The number of hydrogen-bond acceptors (Lipinski definition) is 6. The van der Waals surface area contributed by atoms with E-state index in [2.05, 4.69) is 21.9 Å². The van der Waals surface area contributed by atoms with Crippen molar-refractivity contribution in [3.8, 4) is 12.3 Å².